The van der Waals surface area contributed by atoms with E-state index in [0.717, 1.165) is 17.7 Å². The van der Waals surface area contributed by atoms with Gasteiger partial charge in [-0.3, -0.25) is 4.79 Å². The number of rotatable bonds is 2. The molecule has 1 aliphatic heterocycles. The maximum absolute atomic E-state index is 12.9. The van der Waals surface area contributed by atoms with E-state index in [1.807, 2.05) is 18.2 Å². The molecule has 0 saturated carbocycles. The van der Waals surface area contributed by atoms with Crippen LogP contribution in [0.5, 0.6) is 0 Å². The third-order valence-corrected chi connectivity index (χ3v) is 3.79. The Bertz CT molecular complexity index is 672. The van der Waals surface area contributed by atoms with Gasteiger partial charge in [-0.1, -0.05) is 17.7 Å². The summed E-state index contributed by atoms with van der Waals surface area (Å²) in [6.07, 6.45) is 0. The molecular formula is C16H14ClFN2O. The number of nitrogens with one attached hydrogen (secondary N) is 2. The highest BCUT2D eigenvalue weighted by atomic mass is 35.5. The zero-order valence-electron chi connectivity index (χ0n) is 11.2. The van der Waals surface area contributed by atoms with Crippen molar-refractivity contribution in [2.45, 2.75) is 12.6 Å². The quantitative estimate of drug-likeness (QED) is 0.895. The van der Waals surface area contributed by atoms with Gasteiger partial charge in [-0.2, -0.15) is 0 Å². The molecule has 3 nitrogen and oxygen atoms in total. The molecule has 108 valence electrons. The summed E-state index contributed by atoms with van der Waals surface area (Å²) in [4.78, 5) is 12.2. The summed E-state index contributed by atoms with van der Waals surface area (Å²) >= 11 is 5.99. The number of halogens is 2. The molecule has 2 aromatic rings. The van der Waals surface area contributed by atoms with Crippen molar-refractivity contribution >= 4 is 17.5 Å². The Morgan fingerprint density at radius 2 is 2.00 bits per heavy atom. The van der Waals surface area contributed by atoms with Gasteiger partial charge in [0.25, 0.3) is 5.91 Å². The lowest BCUT2D eigenvalue weighted by Crippen LogP contribution is -2.39. The number of hydrogen-bond donors (Lipinski definition) is 2. The van der Waals surface area contributed by atoms with Crippen molar-refractivity contribution in [3.63, 3.8) is 0 Å². The summed E-state index contributed by atoms with van der Waals surface area (Å²) in [5.74, 6) is -0.574. The van der Waals surface area contributed by atoms with Crippen LogP contribution in [0.4, 0.5) is 4.39 Å². The Morgan fingerprint density at radius 1 is 1.24 bits per heavy atom. The van der Waals surface area contributed by atoms with Crippen LogP contribution in [0.1, 0.15) is 27.5 Å². The molecule has 5 heteroatoms. The highest BCUT2D eigenvalue weighted by Gasteiger charge is 2.22. The van der Waals surface area contributed by atoms with Crippen LogP contribution in [0.15, 0.2) is 42.5 Å². The second-order valence-electron chi connectivity index (χ2n) is 5.01. The normalized spacial score (nSPS) is 17.1. The van der Waals surface area contributed by atoms with E-state index in [1.54, 1.807) is 0 Å². The van der Waals surface area contributed by atoms with E-state index >= 15 is 0 Å². The third kappa shape index (κ3) is 3.06. The highest BCUT2D eigenvalue weighted by Crippen LogP contribution is 2.25. The van der Waals surface area contributed by atoms with Gasteiger partial charge in [0.1, 0.15) is 5.82 Å². The van der Waals surface area contributed by atoms with E-state index in [9.17, 15) is 9.18 Å². The molecule has 1 amide bonds. The van der Waals surface area contributed by atoms with E-state index < -0.39 is 0 Å². The van der Waals surface area contributed by atoms with E-state index in [1.165, 1.54) is 24.3 Å². The van der Waals surface area contributed by atoms with Crippen molar-refractivity contribution in [3.05, 3.63) is 70.0 Å². The minimum absolute atomic E-state index is 0.122. The molecule has 1 aliphatic rings. The van der Waals surface area contributed by atoms with Gasteiger partial charge in [0.15, 0.2) is 0 Å². The van der Waals surface area contributed by atoms with Gasteiger partial charge in [-0.25, -0.2) is 4.39 Å². The van der Waals surface area contributed by atoms with Crippen LogP contribution >= 0.6 is 11.6 Å². The standard InChI is InChI=1S/C16H14ClFN2O/c17-12-3-6-14-11(7-12)8-19-9-15(14)20-16(21)10-1-4-13(18)5-2-10/h1-7,15,19H,8-9H2,(H,20,21). The monoisotopic (exact) mass is 304 g/mol. The van der Waals surface area contributed by atoms with Gasteiger partial charge in [0, 0.05) is 23.7 Å². The zero-order chi connectivity index (χ0) is 14.8. The topological polar surface area (TPSA) is 41.1 Å². The predicted molar refractivity (Wildman–Crippen MR) is 79.8 cm³/mol. The van der Waals surface area contributed by atoms with Crippen LogP contribution in [-0.4, -0.2) is 12.5 Å². The van der Waals surface area contributed by atoms with E-state index in [0.29, 0.717) is 17.1 Å². The second kappa shape index (κ2) is 5.84. The first-order valence-corrected chi connectivity index (χ1v) is 7.07. The lowest BCUT2D eigenvalue weighted by molar-refractivity contribution is 0.0934. The number of benzene rings is 2. The summed E-state index contributed by atoms with van der Waals surface area (Å²) in [6.45, 7) is 1.39. The summed E-state index contributed by atoms with van der Waals surface area (Å²) in [5.41, 5.74) is 2.59. The summed E-state index contributed by atoms with van der Waals surface area (Å²) in [6, 6.07) is 11.1. The number of hydrogen-bond acceptors (Lipinski definition) is 2. The Hall–Kier alpha value is -1.91. The largest absolute Gasteiger partial charge is 0.344 e. The maximum Gasteiger partial charge on any atom is 0.251 e. The molecule has 0 spiro atoms. The minimum Gasteiger partial charge on any atom is -0.344 e. The van der Waals surface area contributed by atoms with E-state index in [2.05, 4.69) is 10.6 Å². The van der Waals surface area contributed by atoms with Crippen LogP contribution in [0, 0.1) is 5.82 Å². The first kappa shape index (κ1) is 14.0. The predicted octanol–water partition coefficient (Wildman–Crippen LogP) is 3.05. The first-order chi connectivity index (χ1) is 10.1. The molecule has 0 bridgehead atoms. The Balaban J connectivity index is 1.80. The van der Waals surface area contributed by atoms with Crippen LogP contribution < -0.4 is 10.6 Å². The van der Waals surface area contributed by atoms with Crippen molar-refractivity contribution < 1.29 is 9.18 Å². The lowest BCUT2D eigenvalue weighted by Gasteiger charge is -2.27. The van der Waals surface area contributed by atoms with Crippen molar-refractivity contribution in [2.75, 3.05) is 6.54 Å². The fourth-order valence-corrected chi connectivity index (χ4v) is 2.69. The Kier molecular flexibility index (Phi) is 3.90. The van der Waals surface area contributed by atoms with E-state index in [4.69, 9.17) is 11.6 Å². The minimum atomic E-state index is -0.356. The number of carbonyl (C=O) groups excluding carboxylic acids is 1. The van der Waals surface area contributed by atoms with Gasteiger partial charge >= 0.3 is 0 Å². The number of fused-ring (bicyclic) bond motifs is 1. The SMILES string of the molecule is O=C(NC1CNCc2cc(Cl)ccc21)c1ccc(F)cc1. The van der Waals surface area contributed by atoms with E-state index in [-0.39, 0.29) is 17.8 Å². The first-order valence-electron chi connectivity index (χ1n) is 6.69. The molecule has 0 aliphatic carbocycles. The van der Waals surface area contributed by atoms with Gasteiger partial charge in [0.2, 0.25) is 0 Å². The number of carbonyl (C=O) groups is 1. The molecule has 21 heavy (non-hydrogen) atoms. The van der Waals surface area contributed by atoms with Gasteiger partial charge in [-0.05, 0) is 47.5 Å². The van der Waals surface area contributed by atoms with Crippen LogP contribution in [-0.2, 0) is 6.54 Å². The van der Waals surface area contributed by atoms with Crippen molar-refractivity contribution in [1.82, 2.24) is 10.6 Å². The molecule has 0 radical (unpaired) electrons. The van der Waals surface area contributed by atoms with Crippen LogP contribution in [0.25, 0.3) is 0 Å². The Labute approximate surface area is 127 Å². The smallest absolute Gasteiger partial charge is 0.251 e. The summed E-state index contributed by atoms with van der Waals surface area (Å²) in [5, 5.41) is 6.90. The van der Waals surface area contributed by atoms with Gasteiger partial charge < -0.3 is 10.6 Å². The van der Waals surface area contributed by atoms with Crippen molar-refractivity contribution in [2.24, 2.45) is 0 Å². The number of amides is 1. The van der Waals surface area contributed by atoms with Crippen LogP contribution in [0.3, 0.4) is 0 Å². The molecule has 1 heterocycles. The lowest BCUT2D eigenvalue weighted by atomic mass is 9.96. The Morgan fingerprint density at radius 3 is 2.76 bits per heavy atom. The van der Waals surface area contributed by atoms with Gasteiger partial charge in [-0.15, -0.1) is 0 Å². The van der Waals surface area contributed by atoms with Crippen molar-refractivity contribution in [1.29, 1.82) is 0 Å². The zero-order valence-corrected chi connectivity index (χ0v) is 12.0. The second-order valence-corrected chi connectivity index (χ2v) is 5.44. The van der Waals surface area contributed by atoms with Crippen molar-refractivity contribution in [3.8, 4) is 0 Å². The van der Waals surface area contributed by atoms with Gasteiger partial charge in [0.05, 0.1) is 6.04 Å². The molecule has 1 atom stereocenters. The molecule has 2 aromatic carbocycles. The summed E-state index contributed by atoms with van der Waals surface area (Å²) in [7, 11) is 0. The molecule has 2 N–H and O–H groups in total. The summed E-state index contributed by atoms with van der Waals surface area (Å²) < 4.78 is 12.9. The average molecular weight is 305 g/mol. The third-order valence-electron chi connectivity index (χ3n) is 3.56. The maximum atomic E-state index is 12.9. The van der Waals surface area contributed by atoms with Crippen LogP contribution in [0.2, 0.25) is 5.02 Å². The molecule has 0 saturated heterocycles. The average Bonchev–Trinajstić information content (AvgIpc) is 2.47. The fourth-order valence-electron chi connectivity index (χ4n) is 2.50. The molecule has 3 rings (SSSR count). The molecule has 0 aromatic heterocycles. The highest BCUT2D eigenvalue weighted by molar-refractivity contribution is 6.30. The molecule has 1 unspecified atom stereocenters. The fraction of sp³-hybridized carbons (Fsp3) is 0.188. The molecular weight excluding hydrogens is 291 g/mol. The molecule has 0 fully saturated rings.